The summed E-state index contributed by atoms with van der Waals surface area (Å²) in [5.41, 5.74) is 1.82. The van der Waals surface area contributed by atoms with E-state index in [1.165, 1.54) is 0 Å². The fraction of sp³-hybridized carbons (Fsp3) is 0.300. The number of hydrogen-bond acceptors (Lipinski definition) is 3. The minimum atomic E-state index is -0.237. The Labute approximate surface area is 168 Å². The fourth-order valence-electron chi connectivity index (χ4n) is 2.68. The van der Waals surface area contributed by atoms with Crippen LogP contribution in [0.2, 0.25) is 10.0 Å². The van der Waals surface area contributed by atoms with Crippen molar-refractivity contribution in [3.8, 4) is 0 Å². The van der Waals surface area contributed by atoms with Gasteiger partial charge in [0, 0.05) is 22.1 Å². The summed E-state index contributed by atoms with van der Waals surface area (Å²) in [7, 11) is 0. The molecule has 2 amide bonds. The molecule has 1 atom stereocenters. The standard InChI is InChI=1S/C20H21Cl2N3O2/c1-12(15-9-6-13(21)10-17(15)22)23-11-19(26)25-18-5-3-2-4-16(18)20(27)24-14-7-8-14/h2-6,9-10,12,14,23H,7-8,11H2,1H3,(H,24,27)(H,25,26)/t12-/m1/s1. The molecule has 2 aromatic rings. The van der Waals surface area contributed by atoms with Crippen molar-refractivity contribution >= 4 is 40.7 Å². The maximum absolute atomic E-state index is 12.3. The Morgan fingerprint density at radius 2 is 1.89 bits per heavy atom. The number of benzene rings is 2. The van der Waals surface area contributed by atoms with E-state index in [9.17, 15) is 9.59 Å². The number of carbonyl (C=O) groups excluding carboxylic acids is 2. The largest absolute Gasteiger partial charge is 0.349 e. The number of amides is 2. The van der Waals surface area contributed by atoms with E-state index in [1.807, 2.05) is 13.0 Å². The first kappa shape index (κ1) is 19.7. The number of para-hydroxylation sites is 1. The third-order valence-corrected chi connectivity index (χ3v) is 4.92. The molecular formula is C20H21Cl2N3O2. The van der Waals surface area contributed by atoms with Crippen LogP contribution < -0.4 is 16.0 Å². The van der Waals surface area contributed by atoms with E-state index in [0.717, 1.165) is 18.4 Å². The van der Waals surface area contributed by atoms with Crippen LogP contribution in [-0.2, 0) is 4.79 Å². The van der Waals surface area contributed by atoms with Gasteiger partial charge in [0.15, 0.2) is 0 Å². The highest BCUT2D eigenvalue weighted by molar-refractivity contribution is 6.35. The molecule has 0 aliphatic heterocycles. The SMILES string of the molecule is C[C@@H](NCC(=O)Nc1ccccc1C(=O)NC1CC1)c1ccc(Cl)cc1Cl. The van der Waals surface area contributed by atoms with Crippen molar-refractivity contribution in [2.24, 2.45) is 0 Å². The van der Waals surface area contributed by atoms with Crippen molar-refractivity contribution in [1.29, 1.82) is 0 Å². The molecule has 1 aliphatic rings. The van der Waals surface area contributed by atoms with Gasteiger partial charge in [-0.15, -0.1) is 0 Å². The number of hydrogen-bond donors (Lipinski definition) is 3. The molecule has 0 aromatic heterocycles. The number of nitrogens with one attached hydrogen (secondary N) is 3. The van der Waals surface area contributed by atoms with Gasteiger partial charge >= 0.3 is 0 Å². The Hall–Kier alpha value is -2.08. The third kappa shape index (κ3) is 5.45. The van der Waals surface area contributed by atoms with E-state index < -0.39 is 0 Å². The van der Waals surface area contributed by atoms with Crippen LogP contribution in [0.5, 0.6) is 0 Å². The molecule has 0 unspecified atom stereocenters. The quantitative estimate of drug-likeness (QED) is 0.646. The minimum absolute atomic E-state index is 0.0820. The summed E-state index contributed by atoms with van der Waals surface area (Å²) in [6.07, 6.45) is 2.02. The van der Waals surface area contributed by atoms with Gasteiger partial charge in [-0.3, -0.25) is 9.59 Å². The predicted octanol–water partition coefficient (Wildman–Crippen LogP) is 4.17. The Kier molecular flexibility index (Phi) is 6.37. The first-order valence-corrected chi connectivity index (χ1v) is 9.57. The van der Waals surface area contributed by atoms with Gasteiger partial charge in [0.25, 0.3) is 5.91 Å². The van der Waals surface area contributed by atoms with Crippen LogP contribution in [0, 0.1) is 0 Å². The fourth-order valence-corrected chi connectivity index (χ4v) is 3.26. The summed E-state index contributed by atoms with van der Waals surface area (Å²) in [6, 6.07) is 12.4. The molecular weight excluding hydrogens is 385 g/mol. The third-order valence-electron chi connectivity index (χ3n) is 4.36. The van der Waals surface area contributed by atoms with Crippen molar-refractivity contribution in [2.75, 3.05) is 11.9 Å². The predicted molar refractivity (Wildman–Crippen MR) is 108 cm³/mol. The van der Waals surface area contributed by atoms with Gasteiger partial charge in [-0.05, 0) is 49.6 Å². The van der Waals surface area contributed by atoms with Gasteiger partial charge in [-0.25, -0.2) is 0 Å². The summed E-state index contributed by atoms with van der Waals surface area (Å²) in [4.78, 5) is 24.6. The molecule has 0 heterocycles. The van der Waals surface area contributed by atoms with E-state index in [2.05, 4.69) is 16.0 Å². The van der Waals surface area contributed by atoms with Crippen LogP contribution in [0.25, 0.3) is 0 Å². The smallest absolute Gasteiger partial charge is 0.253 e. The van der Waals surface area contributed by atoms with Crippen molar-refractivity contribution in [2.45, 2.75) is 31.8 Å². The topological polar surface area (TPSA) is 70.2 Å². The van der Waals surface area contributed by atoms with Gasteiger partial charge < -0.3 is 16.0 Å². The molecule has 0 saturated heterocycles. The van der Waals surface area contributed by atoms with E-state index in [0.29, 0.717) is 21.3 Å². The van der Waals surface area contributed by atoms with E-state index in [4.69, 9.17) is 23.2 Å². The average Bonchev–Trinajstić information content (AvgIpc) is 3.44. The molecule has 142 valence electrons. The van der Waals surface area contributed by atoms with Gasteiger partial charge in [0.1, 0.15) is 0 Å². The zero-order valence-electron chi connectivity index (χ0n) is 14.9. The molecule has 27 heavy (non-hydrogen) atoms. The number of halogens is 2. The maximum Gasteiger partial charge on any atom is 0.253 e. The highest BCUT2D eigenvalue weighted by Gasteiger charge is 2.25. The summed E-state index contributed by atoms with van der Waals surface area (Å²) in [5.74, 6) is -0.402. The summed E-state index contributed by atoms with van der Waals surface area (Å²) in [6.45, 7) is 2.00. The van der Waals surface area contributed by atoms with Crippen molar-refractivity contribution < 1.29 is 9.59 Å². The van der Waals surface area contributed by atoms with Crippen molar-refractivity contribution in [1.82, 2.24) is 10.6 Å². The van der Waals surface area contributed by atoms with Gasteiger partial charge in [-0.1, -0.05) is 41.4 Å². The lowest BCUT2D eigenvalue weighted by molar-refractivity contribution is -0.115. The van der Waals surface area contributed by atoms with E-state index >= 15 is 0 Å². The van der Waals surface area contributed by atoms with Crippen LogP contribution >= 0.6 is 23.2 Å². The van der Waals surface area contributed by atoms with Crippen molar-refractivity contribution in [3.05, 3.63) is 63.6 Å². The molecule has 1 aliphatic carbocycles. The van der Waals surface area contributed by atoms with E-state index in [1.54, 1.807) is 36.4 Å². The lowest BCUT2D eigenvalue weighted by atomic mass is 10.1. The van der Waals surface area contributed by atoms with Gasteiger partial charge in [0.05, 0.1) is 17.8 Å². The monoisotopic (exact) mass is 405 g/mol. The number of carbonyl (C=O) groups is 2. The molecule has 2 aromatic carbocycles. The highest BCUT2D eigenvalue weighted by Crippen LogP contribution is 2.26. The normalized spacial score (nSPS) is 14.5. The second-order valence-electron chi connectivity index (χ2n) is 6.61. The zero-order chi connectivity index (χ0) is 19.4. The summed E-state index contributed by atoms with van der Waals surface area (Å²) < 4.78 is 0. The summed E-state index contributed by atoms with van der Waals surface area (Å²) >= 11 is 12.1. The molecule has 7 heteroatoms. The number of rotatable bonds is 7. The second kappa shape index (κ2) is 8.74. The Morgan fingerprint density at radius 3 is 2.59 bits per heavy atom. The van der Waals surface area contributed by atoms with Crippen LogP contribution in [0.1, 0.15) is 41.7 Å². The average molecular weight is 406 g/mol. The molecule has 0 spiro atoms. The molecule has 1 saturated carbocycles. The highest BCUT2D eigenvalue weighted by atomic mass is 35.5. The van der Waals surface area contributed by atoms with E-state index in [-0.39, 0.29) is 30.4 Å². The first-order chi connectivity index (χ1) is 12.9. The molecule has 0 radical (unpaired) electrons. The minimum Gasteiger partial charge on any atom is -0.349 e. The van der Waals surface area contributed by atoms with Crippen LogP contribution in [-0.4, -0.2) is 24.4 Å². The number of anilines is 1. The maximum atomic E-state index is 12.3. The zero-order valence-corrected chi connectivity index (χ0v) is 16.4. The van der Waals surface area contributed by atoms with Crippen LogP contribution in [0.15, 0.2) is 42.5 Å². The first-order valence-electron chi connectivity index (χ1n) is 8.82. The lowest BCUT2D eigenvalue weighted by Crippen LogP contribution is -2.31. The molecule has 3 rings (SSSR count). The van der Waals surface area contributed by atoms with Crippen LogP contribution in [0.3, 0.4) is 0 Å². The Bertz CT molecular complexity index is 853. The van der Waals surface area contributed by atoms with Crippen molar-refractivity contribution in [3.63, 3.8) is 0 Å². The molecule has 1 fully saturated rings. The van der Waals surface area contributed by atoms with Gasteiger partial charge in [-0.2, -0.15) is 0 Å². The molecule has 0 bridgehead atoms. The Morgan fingerprint density at radius 1 is 1.15 bits per heavy atom. The lowest BCUT2D eigenvalue weighted by Gasteiger charge is -2.16. The van der Waals surface area contributed by atoms with Crippen LogP contribution in [0.4, 0.5) is 5.69 Å². The second-order valence-corrected chi connectivity index (χ2v) is 7.45. The Balaban J connectivity index is 1.58. The van der Waals surface area contributed by atoms with Gasteiger partial charge in [0.2, 0.25) is 5.91 Å². The summed E-state index contributed by atoms with van der Waals surface area (Å²) in [5, 5.41) is 9.98. The molecule has 5 nitrogen and oxygen atoms in total. The molecule has 3 N–H and O–H groups in total.